The number of thioether (sulfide) groups is 1. The monoisotopic (exact) mass is 257 g/mol. The molecule has 0 bridgehead atoms. The van der Waals surface area contributed by atoms with Crippen molar-refractivity contribution in [2.75, 3.05) is 25.1 Å². The minimum Gasteiger partial charge on any atom is -0.444 e. The molecular formula is C13H23NO2S. The summed E-state index contributed by atoms with van der Waals surface area (Å²) in [6, 6.07) is 0. The second-order valence-corrected chi connectivity index (χ2v) is 7.48. The Labute approximate surface area is 108 Å². The maximum Gasteiger partial charge on any atom is 0.410 e. The van der Waals surface area contributed by atoms with E-state index in [0.29, 0.717) is 5.41 Å². The van der Waals surface area contributed by atoms with Gasteiger partial charge in [0.25, 0.3) is 0 Å². The van der Waals surface area contributed by atoms with Gasteiger partial charge < -0.3 is 9.64 Å². The summed E-state index contributed by atoms with van der Waals surface area (Å²) >= 11 is 1.93. The zero-order valence-electron chi connectivity index (χ0n) is 11.3. The number of carbonyl (C=O) groups excluding carboxylic acids is 1. The second-order valence-electron chi connectivity index (χ2n) is 6.57. The molecule has 2 fully saturated rings. The first-order valence-electron chi connectivity index (χ1n) is 6.30. The number of nitrogens with zero attached hydrogens (tertiary/aromatic N) is 1. The first-order chi connectivity index (χ1) is 7.84. The molecule has 0 N–H and O–H groups in total. The van der Waals surface area contributed by atoms with Gasteiger partial charge in [0.2, 0.25) is 0 Å². The van der Waals surface area contributed by atoms with Crippen LogP contribution in [-0.4, -0.2) is 41.7 Å². The molecule has 0 unspecified atom stereocenters. The Bertz CT molecular complexity index is 297. The minimum atomic E-state index is -0.374. The predicted octanol–water partition coefficient (Wildman–Crippen LogP) is 3.00. The van der Waals surface area contributed by atoms with Crippen LogP contribution in [0.1, 0.15) is 33.6 Å². The summed E-state index contributed by atoms with van der Waals surface area (Å²) < 4.78 is 5.36. The van der Waals surface area contributed by atoms with Crippen molar-refractivity contribution in [3.8, 4) is 0 Å². The van der Waals surface area contributed by atoms with E-state index in [-0.39, 0.29) is 11.7 Å². The Kier molecular flexibility index (Phi) is 3.36. The van der Waals surface area contributed by atoms with Crippen molar-refractivity contribution in [1.82, 2.24) is 4.90 Å². The molecule has 0 aromatic carbocycles. The van der Waals surface area contributed by atoms with Gasteiger partial charge in [-0.2, -0.15) is 11.8 Å². The van der Waals surface area contributed by atoms with Crippen molar-refractivity contribution < 1.29 is 9.53 Å². The molecule has 3 nitrogen and oxygen atoms in total. The van der Waals surface area contributed by atoms with E-state index in [2.05, 4.69) is 6.26 Å². The largest absolute Gasteiger partial charge is 0.444 e. The van der Waals surface area contributed by atoms with Crippen LogP contribution in [0.4, 0.5) is 4.79 Å². The number of amides is 1. The van der Waals surface area contributed by atoms with E-state index in [4.69, 9.17) is 4.74 Å². The molecule has 1 aliphatic heterocycles. The van der Waals surface area contributed by atoms with E-state index >= 15 is 0 Å². The van der Waals surface area contributed by atoms with E-state index in [1.54, 1.807) is 0 Å². The van der Waals surface area contributed by atoms with E-state index in [9.17, 15) is 4.79 Å². The highest BCUT2D eigenvalue weighted by atomic mass is 32.2. The smallest absolute Gasteiger partial charge is 0.410 e. The van der Waals surface area contributed by atoms with Crippen molar-refractivity contribution in [3.05, 3.63) is 0 Å². The molecule has 0 aromatic heterocycles. The molecule has 1 heterocycles. The molecule has 1 aliphatic carbocycles. The van der Waals surface area contributed by atoms with Gasteiger partial charge in [-0.3, -0.25) is 0 Å². The van der Waals surface area contributed by atoms with Crippen molar-refractivity contribution in [3.63, 3.8) is 0 Å². The number of rotatable bonds is 2. The lowest BCUT2D eigenvalue weighted by Crippen LogP contribution is -2.64. The van der Waals surface area contributed by atoms with Gasteiger partial charge in [-0.1, -0.05) is 0 Å². The van der Waals surface area contributed by atoms with Gasteiger partial charge in [0.05, 0.1) is 0 Å². The first-order valence-corrected chi connectivity index (χ1v) is 7.70. The molecule has 98 valence electrons. The highest BCUT2D eigenvalue weighted by Crippen LogP contribution is 2.52. The van der Waals surface area contributed by atoms with Gasteiger partial charge in [-0.25, -0.2) is 4.79 Å². The van der Waals surface area contributed by atoms with Crippen LogP contribution in [0.25, 0.3) is 0 Å². The van der Waals surface area contributed by atoms with Crippen LogP contribution in [0.3, 0.4) is 0 Å². The molecule has 17 heavy (non-hydrogen) atoms. The number of likely N-dealkylation sites (tertiary alicyclic amines) is 1. The summed E-state index contributed by atoms with van der Waals surface area (Å²) in [7, 11) is 0. The fourth-order valence-corrected chi connectivity index (χ4v) is 3.70. The molecule has 2 rings (SSSR count). The van der Waals surface area contributed by atoms with E-state index in [1.807, 2.05) is 37.4 Å². The van der Waals surface area contributed by atoms with Crippen molar-refractivity contribution in [2.45, 2.75) is 39.2 Å². The molecular weight excluding hydrogens is 234 g/mol. The molecule has 0 aromatic rings. The lowest BCUT2D eigenvalue weighted by molar-refractivity contribution is -0.0899. The summed E-state index contributed by atoms with van der Waals surface area (Å²) in [6.07, 6.45) is 4.62. The lowest BCUT2D eigenvalue weighted by atomic mass is 9.58. The van der Waals surface area contributed by atoms with Crippen LogP contribution in [0.5, 0.6) is 0 Å². The summed E-state index contributed by atoms with van der Waals surface area (Å²) in [5.41, 5.74) is 0.0815. The third kappa shape index (κ3) is 2.90. The quantitative estimate of drug-likeness (QED) is 0.761. The summed E-state index contributed by atoms with van der Waals surface area (Å²) in [6.45, 7) is 7.56. The lowest BCUT2D eigenvalue weighted by Gasteiger charge is -2.58. The van der Waals surface area contributed by atoms with Crippen molar-refractivity contribution in [2.24, 2.45) is 11.3 Å². The third-order valence-corrected chi connectivity index (χ3v) is 4.35. The van der Waals surface area contributed by atoms with Gasteiger partial charge in [-0.15, -0.1) is 0 Å². The van der Waals surface area contributed by atoms with Gasteiger partial charge >= 0.3 is 6.09 Å². The Balaban J connectivity index is 1.71. The Morgan fingerprint density at radius 2 is 2.00 bits per heavy atom. The highest BCUT2D eigenvalue weighted by Gasteiger charge is 2.53. The molecule has 1 spiro atoms. The van der Waals surface area contributed by atoms with E-state index in [0.717, 1.165) is 19.0 Å². The first kappa shape index (κ1) is 13.1. The minimum absolute atomic E-state index is 0.142. The molecule has 0 atom stereocenters. The van der Waals surface area contributed by atoms with Crippen molar-refractivity contribution in [1.29, 1.82) is 0 Å². The number of hydrogen-bond acceptors (Lipinski definition) is 3. The third-order valence-electron chi connectivity index (χ3n) is 3.55. The Morgan fingerprint density at radius 1 is 1.41 bits per heavy atom. The summed E-state index contributed by atoms with van der Waals surface area (Å²) in [5, 5.41) is 0. The molecule has 0 radical (unpaired) electrons. The van der Waals surface area contributed by atoms with Gasteiger partial charge in [0.15, 0.2) is 0 Å². The van der Waals surface area contributed by atoms with Crippen LogP contribution in [0.2, 0.25) is 0 Å². The van der Waals surface area contributed by atoms with Crippen LogP contribution in [0.15, 0.2) is 0 Å². The molecule has 1 saturated heterocycles. The predicted molar refractivity (Wildman–Crippen MR) is 71.3 cm³/mol. The van der Waals surface area contributed by atoms with Gasteiger partial charge in [0.1, 0.15) is 5.60 Å². The summed E-state index contributed by atoms with van der Waals surface area (Å²) in [5.74, 6) is 2.15. The van der Waals surface area contributed by atoms with Crippen LogP contribution in [0, 0.1) is 11.3 Å². The summed E-state index contributed by atoms with van der Waals surface area (Å²) in [4.78, 5) is 13.6. The Morgan fingerprint density at radius 3 is 2.47 bits per heavy atom. The normalized spacial score (nSPS) is 23.2. The van der Waals surface area contributed by atoms with Gasteiger partial charge in [0, 0.05) is 18.5 Å². The van der Waals surface area contributed by atoms with Crippen LogP contribution < -0.4 is 0 Å². The highest BCUT2D eigenvalue weighted by molar-refractivity contribution is 7.98. The molecule has 4 heteroatoms. The molecule has 1 amide bonds. The molecule has 1 saturated carbocycles. The molecule has 2 aliphatic rings. The van der Waals surface area contributed by atoms with E-state index in [1.165, 1.54) is 18.6 Å². The maximum atomic E-state index is 11.8. The van der Waals surface area contributed by atoms with E-state index < -0.39 is 0 Å². The number of hydrogen-bond donors (Lipinski definition) is 0. The SMILES string of the molecule is CSCC1CC2(C1)CN(C(=O)OC(C)(C)C)C2. The average molecular weight is 257 g/mol. The zero-order chi connectivity index (χ0) is 12.7. The maximum absolute atomic E-state index is 11.8. The average Bonchev–Trinajstić information content (AvgIpc) is 2.03. The van der Waals surface area contributed by atoms with Crippen LogP contribution in [-0.2, 0) is 4.74 Å². The fraction of sp³-hybridized carbons (Fsp3) is 0.923. The van der Waals surface area contributed by atoms with Crippen molar-refractivity contribution >= 4 is 17.9 Å². The zero-order valence-corrected chi connectivity index (χ0v) is 12.1. The number of ether oxygens (including phenoxy) is 1. The van der Waals surface area contributed by atoms with Crippen LogP contribution >= 0.6 is 11.8 Å². The van der Waals surface area contributed by atoms with Gasteiger partial charge in [-0.05, 0) is 51.5 Å². The fourth-order valence-electron chi connectivity index (χ4n) is 3.00. The number of carbonyl (C=O) groups is 1. The Hall–Kier alpha value is -0.380. The topological polar surface area (TPSA) is 29.5 Å². The second kappa shape index (κ2) is 4.38. The standard InChI is InChI=1S/C13H23NO2S/c1-12(2,3)16-11(15)14-8-13(9-14)5-10(6-13)7-17-4/h10H,5-9H2,1-4H3.